The van der Waals surface area contributed by atoms with E-state index in [0.717, 1.165) is 28.5 Å². The van der Waals surface area contributed by atoms with Crippen LogP contribution in [0.25, 0.3) is 0 Å². The molecule has 2 atom stereocenters. The Morgan fingerprint density at radius 3 is 2.13 bits per heavy atom. The maximum Gasteiger partial charge on any atom is 0.239 e. The number of hydrogen-bond acceptors (Lipinski definition) is 4. The second-order valence-electron chi connectivity index (χ2n) is 8.36. The van der Waals surface area contributed by atoms with E-state index >= 15 is 0 Å². The summed E-state index contributed by atoms with van der Waals surface area (Å²) in [6, 6.07) is 22.4. The van der Waals surface area contributed by atoms with Gasteiger partial charge in [0.1, 0.15) is 12.0 Å². The van der Waals surface area contributed by atoms with Crippen LogP contribution in [-0.2, 0) is 19.8 Å². The normalized spacial score (nSPS) is 27.5. The molecule has 31 heavy (non-hydrogen) atoms. The van der Waals surface area contributed by atoms with Crippen molar-refractivity contribution in [1.29, 1.82) is 0 Å². The molecule has 7 rings (SSSR count). The third kappa shape index (κ3) is 2.03. The van der Waals surface area contributed by atoms with Gasteiger partial charge in [0.2, 0.25) is 11.8 Å². The van der Waals surface area contributed by atoms with E-state index in [4.69, 9.17) is 4.74 Å². The third-order valence-electron chi connectivity index (χ3n) is 7.18. The summed E-state index contributed by atoms with van der Waals surface area (Å²) < 4.78 is 5.30. The minimum Gasteiger partial charge on any atom is -0.497 e. The number of rotatable bonds is 3. The van der Waals surface area contributed by atoms with E-state index in [1.54, 1.807) is 31.4 Å². The van der Waals surface area contributed by atoms with Crippen LogP contribution >= 0.6 is 0 Å². The fourth-order valence-electron chi connectivity index (χ4n) is 6.03. The van der Waals surface area contributed by atoms with E-state index in [2.05, 4.69) is 0 Å². The number of methoxy groups -OCH3 is 1. The summed E-state index contributed by atoms with van der Waals surface area (Å²) in [6.07, 6.45) is 0.887. The zero-order valence-corrected chi connectivity index (χ0v) is 16.8. The van der Waals surface area contributed by atoms with Gasteiger partial charge in [0.05, 0.1) is 30.0 Å². The summed E-state index contributed by atoms with van der Waals surface area (Å²) in [5, 5.41) is 0. The first kappa shape index (κ1) is 18.1. The van der Waals surface area contributed by atoms with Gasteiger partial charge in [-0.25, -0.2) is 4.90 Å². The average Bonchev–Trinajstić information content (AvgIpc) is 3.10. The Labute approximate surface area is 179 Å². The summed E-state index contributed by atoms with van der Waals surface area (Å²) in [6.45, 7) is 0. The molecule has 152 valence electrons. The van der Waals surface area contributed by atoms with Crippen LogP contribution in [0.15, 0.2) is 72.8 Å². The van der Waals surface area contributed by atoms with E-state index < -0.39 is 17.3 Å². The molecule has 0 saturated carbocycles. The molecule has 0 radical (unpaired) electrons. The molecule has 3 aliphatic carbocycles. The molecule has 1 heterocycles. The number of imide groups is 1. The number of aldehydes is 1. The predicted octanol–water partition coefficient (Wildman–Crippen LogP) is 3.44. The Morgan fingerprint density at radius 2 is 1.52 bits per heavy atom. The van der Waals surface area contributed by atoms with Crippen molar-refractivity contribution < 1.29 is 19.1 Å². The Morgan fingerprint density at radius 1 is 0.871 bits per heavy atom. The van der Waals surface area contributed by atoms with Crippen LogP contribution in [0.1, 0.15) is 28.2 Å². The SMILES string of the molecule is COc1cccc(N2C(=O)[C@@H]3C4c5ccccc5C(C=O)(c5ccccc54)[C@H]3C2=O)c1. The zero-order chi connectivity index (χ0) is 21.3. The van der Waals surface area contributed by atoms with Gasteiger partial charge in [-0.1, -0.05) is 54.6 Å². The van der Waals surface area contributed by atoms with Crippen LogP contribution in [0.2, 0.25) is 0 Å². The number of amides is 2. The van der Waals surface area contributed by atoms with Gasteiger partial charge in [0.25, 0.3) is 0 Å². The van der Waals surface area contributed by atoms with E-state index in [1.165, 1.54) is 4.90 Å². The molecule has 0 N–H and O–H groups in total. The molecule has 1 aliphatic heterocycles. The molecule has 5 nitrogen and oxygen atoms in total. The lowest BCUT2D eigenvalue weighted by atomic mass is 9.48. The highest BCUT2D eigenvalue weighted by molar-refractivity contribution is 6.24. The van der Waals surface area contributed by atoms with E-state index in [1.807, 2.05) is 48.5 Å². The van der Waals surface area contributed by atoms with Crippen LogP contribution in [-0.4, -0.2) is 25.2 Å². The van der Waals surface area contributed by atoms with Gasteiger partial charge in [0.15, 0.2) is 0 Å². The number of anilines is 1. The highest BCUT2D eigenvalue weighted by atomic mass is 16.5. The molecule has 0 unspecified atom stereocenters. The number of hydrogen-bond donors (Lipinski definition) is 0. The monoisotopic (exact) mass is 409 g/mol. The van der Waals surface area contributed by atoms with Crippen LogP contribution in [0.5, 0.6) is 5.75 Å². The fraction of sp³-hybridized carbons (Fsp3) is 0.192. The van der Waals surface area contributed by atoms with Crippen molar-refractivity contribution in [2.24, 2.45) is 11.8 Å². The van der Waals surface area contributed by atoms with Gasteiger partial charge >= 0.3 is 0 Å². The second kappa shape index (κ2) is 6.14. The number of carbonyl (C=O) groups is 3. The smallest absolute Gasteiger partial charge is 0.239 e. The van der Waals surface area contributed by atoms with Crippen LogP contribution in [0.4, 0.5) is 5.69 Å². The quantitative estimate of drug-likeness (QED) is 0.491. The van der Waals surface area contributed by atoms with Gasteiger partial charge in [-0.3, -0.25) is 9.59 Å². The lowest BCUT2D eigenvalue weighted by molar-refractivity contribution is -0.128. The Bertz CT molecular complexity index is 1230. The van der Waals surface area contributed by atoms with Crippen molar-refractivity contribution in [3.63, 3.8) is 0 Å². The number of benzene rings is 3. The van der Waals surface area contributed by atoms with Crippen molar-refractivity contribution in [3.05, 3.63) is 95.1 Å². The van der Waals surface area contributed by atoms with Gasteiger partial charge in [0, 0.05) is 12.0 Å². The lowest BCUT2D eigenvalue weighted by Crippen LogP contribution is -2.54. The lowest BCUT2D eigenvalue weighted by Gasteiger charge is -2.51. The van der Waals surface area contributed by atoms with Gasteiger partial charge in [-0.05, 0) is 34.4 Å². The standard InChI is InChI=1S/C26H19NO4/c1-31-16-8-6-7-15(13-16)27-24(29)22-21-17-9-2-4-11-19(17)26(14-28,23(22)25(27)30)20-12-5-3-10-18(20)21/h2-14,21-23H,1H3/t21?,22-,23-,26?/m1/s1. The fourth-order valence-corrected chi connectivity index (χ4v) is 6.03. The maximum atomic E-state index is 13.8. The van der Waals surface area contributed by atoms with Gasteiger partial charge < -0.3 is 9.53 Å². The predicted molar refractivity (Wildman–Crippen MR) is 114 cm³/mol. The van der Waals surface area contributed by atoms with Gasteiger partial charge in [-0.2, -0.15) is 0 Å². The Kier molecular flexibility index (Phi) is 3.58. The van der Waals surface area contributed by atoms with Crippen molar-refractivity contribution in [2.75, 3.05) is 12.0 Å². The number of carbonyl (C=O) groups excluding carboxylic acids is 3. The van der Waals surface area contributed by atoms with Gasteiger partial charge in [-0.15, -0.1) is 0 Å². The summed E-state index contributed by atoms with van der Waals surface area (Å²) in [5.41, 5.74) is 2.89. The molecule has 0 spiro atoms. The van der Waals surface area contributed by atoms with Crippen LogP contribution in [0.3, 0.4) is 0 Å². The Hall–Kier alpha value is -3.73. The summed E-state index contributed by atoms with van der Waals surface area (Å²) in [7, 11) is 1.54. The van der Waals surface area contributed by atoms with Crippen molar-refractivity contribution in [1.82, 2.24) is 0 Å². The first-order valence-electron chi connectivity index (χ1n) is 10.3. The topological polar surface area (TPSA) is 63.7 Å². The molecule has 2 amide bonds. The molecule has 1 saturated heterocycles. The number of ether oxygens (including phenoxy) is 1. The first-order chi connectivity index (χ1) is 15.1. The Balaban J connectivity index is 1.63. The highest BCUT2D eigenvalue weighted by Gasteiger charge is 2.68. The minimum atomic E-state index is -1.17. The summed E-state index contributed by atoms with van der Waals surface area (Å²) >= 11 is 0. The average molecular weight is 409 g/mol. The van der Waals surface area contributed by atoms with Crippen molar-refractivity contribution in [2.45, 2.75) is 11.3 Å². The third-order valence-corrected chi connectivity index (χ3v) is 7.18. The molecule has 3 aromatic rings. The van der Waals surface area contributed by atoms with Crippen molar-refractivity contribution >= 4 is 23.8 Å². The summed E-state index contributed by atoms with van der Waals surface area (Å²) in [4.78, 5) is 41.7. The second-order valence-corrected chi connectivity index (χ2v) is 8.36. The largest absolute Gasteiger partial charge is 0.497 e. The van der Waals surface area contributed by atoms with Crippen LogP contribution in [0, 0.1) is 11.8 Å². The van der Waals surface area contributed by atoms with E-state index in [0.29, 0.717) is 11.4 Å². The molecular formula is C26H19NO4. The molecule has 5 heteroatoms. The molecule has 3 aromatic carbocycles. The minimum absolute atomic E-state index is 0.258. The van der Waals surface area contributed by atoms with E-state index in [9.17, 15) is 14.4 Å². The number of nitrogens with zero attached hydrogens (tertiary/aromatic N) is 1. The summed E-state index contributed by atoms with van der Waals surface area (Å²) in [5.74, 6) is -1.67. The zero-order valence-electron chi connectivity index (χ0n) is 16.8. The van der Waals surface area contributed by atoms with E-state index in [-0.39, 0.29) is 17.7 Å². The highest BCUT2D eigenvalue weighted by Crippen LogP contribution is 2.63. The molecule has 1 fully saturated rings. The molecule has 4 aliphatic rings. The van der Waals surface area contributed by atoms with Crippen LogP contribution < -0.4 is 9.64 Å². The maximum absolute atomic E-state index is 13.8. The van der Waals surface area contributed by atoms with Crippen molar-refractivity contribution in [3.8, 4) is 5.75 Å². The molecule has 2 bridgehead atoms. The first-order valence-corrected chi connectivity index (χ1v) is 10.3. The molecular weight excluding hydrogens is 390 g/mol. The molecule has 0 aromatic heterocycles.